The number of carbonyl (C=O) groups excluding carboxylic acids is 4. The number of esters is 1. The van der Waals surface area contributed by atoms with Crippen LogP contribution in [0, 0.1) is 18.8 Å². The molecule has 3 fully saturated rings. The molecule has 4 heterocycles. The first-order valence-electron chi connectivity index (χ1n) is 11.3. The smallest absolute Gasteiger partial charge is 0.308 e. The van der Waals surface area contributed by atoms with Crippen LogP contribution in [0.15, 0.2) is 36.4 Å². The van der Waals surface area contributed by atoms with Gasteiger partial charge in [-0.3, -0.25) is 24.1 Å². The highest BCUT2D eigenvalue weighted by atomic mass is 35.5. The molecule has 174 valence electrons. The first-order chi connectivity index (χ1) is 16.3. The molecule has 0 saturated carbocycles. The molecular formula is C25H22ClN3O5. The van der Waals surface area contributed by atoms with Gasteiger partial charge in [-0.25, -0.2) is 4.90 Å². The molecule has 2 aromatic rings. The lowest BCUT2D eigenvalue weighted by molar-refractivity contribution is -0.135. The fourth-order valence-corrected chi connectivity index (χ4v) is 6.63. The molecule has 3 amide bonds. The van der Waals surface area contributed by atoms with Crippen LogP contribution in [0.5, 0.6) is 5.75 Å². The average Bonchev–Trinajstić information content (AvgIpc) is 3.50. The van der Waals surface area contributed by atoms with Gasteiger partial charge in [0.1, 0.15) is 11.3 Å². The first-order valence-corrected chi connectivity index (χ1v) is 11.7. The molecule has 4 aliphatic heterocycles. The number of benzene rings is 2. The second kappa shape index (κ2) is 7.13. The number of nitrogens with zero attached hydrogens (tertiary/aromatic N) is 2. The number of fused-ring (bicyclic) bond motifs is 7. The average molecular weight is 480 g/mol. The van der Waals surface area contributed by atoms with Gasteiger partial charge in [-0.1, -0.05) is 17.7 Å². The van der Waals surface area contributed by atoms with Crippen molar-refractivity contribution in [2.24, 2.45) is 11.8 Å². The second-order valence-electron chi connectivity index (χ2n) is 9.32. The Balaban J connectivity index is 1.48. The third-order valence-electron chi connectivity index (χ3n) is 7.72. The van der Waals surface area contributed by atoms with Crippen LogP contribution in [0.1, 0.15) is 30.9 Å². The SMILES string of the molecule is CC(=O)Oc1ccc(N2C(=O)[C@@H]3[C@H]4CCCN4[C@]4(C(=O)Nc5c4ccc(Cl)c5C)[C@@H]3C2=O)cc1. The molecule has 0 aliphatic carbocycles. The van der Waals surface area contributed by atoms with E-state index in [9.17, 15) is 19.2 Å². The third kappa shape index (κ3) is 2.52. The van der Waals surface area contributed by atoms with Crippen LogP contribution in [0.4, 0.5) is 11.4 Å². The van der Waals surface area contributed by atoms with E-state index in [0.29, 0.717) is 34.3 Å². The lowest BCUT2D eigenvalue weighted by Gasteiger charge is -2.36. The highest BCUT2D eigenvalue weighted by molar-refractivity contribution is 6.32. The lowest BCUT2D eigenvalue weighted by atomic mass is 9.75. The molecule has 9 heteroatoms. The Hall–Kier alpha value is -3.23. The molecule has 6 rings (SSSR count). The van der Waals surface area contributed by atoms with Crippen molar-refractivity contribution in [3.05, 3.63) is 52.5 Å². The van der Waals surface area contributed by atoms with E-state index in [0.717, 1.165) is 18.4 Å². The predicted octanol–water partition coefficient (Wildman–Crippen LogP) is 3.00. The first kappa shape index (κ1) is 21.3. The number of hydrogen-bond donors (Lipinski definition) is 1. The van der Waals surface area contributed by atoms with Crippen molar-refractivity contribution in [2.75, 3.05) is 16.8 Å². The van der Waals surface area contributed by atoms with Gasteiger partial charge in [0, 0.05) is 23.6 Å². The maximum Gasteiger partial charge on any atom is 0.308 e. The van der Waals surface area contributed by atoms with Crippen LogP contribution in [-0.4, -0.2) is 41.2 Å². The van der Waals surface area contributed by atoms with Crippen LogP contribution in [0.3, 0.4) is 0 Å². The van der Waals surface area contributed by atoms with Crippen molar-refractivity contribution in [1.82, 2.24) is 4.90 Å². The minimum atomic E-state index is -1.24. The van der Waals surface area contributed by atoms with Gasteiger partial charge in [-0.2, -0.15) is 0 Å². The Kier molecular flexibility index (Phi) is 4.47. The normalized spacial score (nSPS) is 29.4. The number of ether oxygens (including phenoxy) is 1. The van der Waals surface area contributed by atoms with Crippen molar-refractivity contribution in [1.29, 1.82) is 0 Å². The van der Waals surface area contributed by atoms with E-state index >= 15 is 0 Å². The number of hydrogen-bond acceptors (Lipinski definition) is 6. The van der Waals surface area contributed by atoms with E-state index in [2.05, 4.69) is 10.2 Å². The third-order valence-corrected chi connectivity index (χ3v) is 8.13. The number of amides is 3. The van der Waals surface area contributed by atoms with Crippen molar-refractivity contribution < 1.29 is 23.9 Å². The Morgan fingerprint density at radius 2 is 1.85 bits per heavy atom. The molecule has 1 spiro atoms. The zero-order valence-electron chi connectivity index (χ0n) is 18.6. The monoisotopic (exact) mass is 479 g/mol. The van der Waals surface area contributed by atoms with Gasteiger partial charge < -0.3 is 10.1 Å². The molecule has 0 bridgehead atoms. The summed E-state index contributed by atoms with van der Waals surface area (Å²) in [7, 11) is 0. The largest absolute Gasteiger partial charge is 0.427 e. The highest BCUT2D eigenvalue weighted by Crippen LogP contribution is 2.61. The number of carbonyl (C=O) groups is 4. The molecule has 34 heavy (non-hydrogen) atoms. The number of rotatable bonds is 2. The fraction of sp³-hybridized carbons (Fsp3) is 0.360. The summed E-state index contributed by atoms with van der Waals surface area (Å²) < 4.78 is 5.07. The van der Waals surface area contributed by atoms with Gasteiger partial charge in [0.2, 0.25) is 17.7 Å². The van der Waals surface area contributed by atoms with E-state index in [1.165, 1.54) is 11.8 Å². The lowest BCUT2D eigenvalue weighted by Crippen LogP contribution is -2.54. The van der Waals surface area contributed by atoms with Crippen LogP contribution < -0.4 is 15.0 Å². The fourth-order valence-electron chi connectivity index (χ4n) is 6.47. The molecule has 0 radical (unpaired) electrons. The van der Waals surface area contributed by atoms with Crippen LogP contribution in [-0.2, 0) is 24.7 Å². The van der Waals surface area contributed by atoms with Gasteiger partial charge in [0.15, 0.2) is 0 Å². The van der Waals surface area contributed by atoms with Crippen molar-refractivity contribution >= 4 is 46.7 Å². The number of anilines is 2. The molecule has 3 saturated heterocycles. The Morgan fingerprint density at radius 1 is 1.12 bits per heavy atom. The summed E-state index contributed by atoms with van der Waals surface area (Å²) in [6, 6.07) is 9.64. The van der Waals surface area contributed by atoms with Crippen LogP contribution in [0.25, 0.3) is 0 Å². The molecule has 8 nitrogen and oxygen atoms in total. The molecule has 2 aromatic carbocycles. The predicted molar refractivity (Wildman–Crippen MR) is 123 cm³/mol. The number of halogens is 1. The quantitative estimate of drug-likeness (QED) is 0.404. The zero-order valence-corrected chi connectivity index (χ0v) is 19.4. The van der Waals surface area contributed by atoms with E-state index in [1.807, 2.05) is 13.0 Å². The molecule has 4 aliphatic rings. The number of nitrogens with one attached hydrogen (secondary N) is 1. The summed E-state index contributed by atoms with van der Waals surface area (Å²) in [4.78, 5) is 55.9. The van der Waals surface area contributed by atoms with Crippen molar-refractivity contribution in [2.45, 2.75) is 38.3 Å². The minimum absolute atomic E-state index is 0.195. The van der Waals surface area contributed by atoms with Crippen molar-refractivity contribution in [3.63, 3.8) is 0 Å². The summed E-state index contributed by atoms with van der Waals surface area (Å²) in [5.74, 6) is -2.54. The summed E-state index contributed by atoms with van der Waals surface area (Å²) in [6.07, 6.45) is 1.60. The highest BCUT2D eigenvalue weighted by Gasteiger charge is 2.74. The van der Waals surface area contributed by atoms with Gasteiger partial charge in [-0.15, -0.1) is 0 Å². The zero-order chi connectivity index (χ0) is 23.9. The molecular weight excluding hydrogens is 458 g/mol. The standard InChI is InChI=1S/C25H22ClN3O5/c1-12-17(26)10-9-16-21(12)27-24(33)25(16)20-19(18-4-3-11-28(18)25)22(31)29(23(20)32)14-5-7-15(8-6-14)34-13(2)30/h5-10,18-20H,3-4,11H2,1-2H3,(H,27,33)/t18-,19-,20+,25+/m1/s1. The van der Waals surface area contributed by atoms with Gasteiger partial charge in [0.05, 0.1) is 23.2 Å². The summed E-state index contributed by atoms with van der Waals surface area (Å²) in [5.41, 5.74) is 1.25. The Bertz CT molecular complexity index is 1290. The summed E-state index contributed by atoms with van der Waals surface area (Å²) in [6.45, 7) is 3.78. The van der Waals surface area contributed by atoms with E-state index in [1.54, 1.807) is 30.3 Å². The van der Waals surface area contributed by atoms with E-state index in [-0.39, 0.29) is 23.8 Å². The van der Waals surface area contributed by atoms with E-state index in [4.69, 9.17) is 16.3 Å². The van der Waals surface area contributed by atoms with Gasteiger partial charge in [0.25, 0.3) is 0 Å². The molecule has 0 unspecified atom stereocenters. The van der Waals surface area contributed by atoms with Gasteiger partial charge >= 0.3 is 5.97 Å². The molecule has 1 N–H and O–H groups in total. The molecule has 4 atom stereocenters. The summed E-state index contributed by atoms with van der Waals surface area (Å²) >= 11 is 6.33. The van der Waals surface area contributed by atoms with E-state index < -0.39 is 23.3 Å². The van der Waals surface area contributed by atoms with Crippen LogP contribution in [0.2, 0.25) is 5.02 Å². The maximum atomic E-state index is 13.9. The second-order valence-corrected chi connectivity index (χ2v) is 9.73. The minimum Gasteiger partial charge on any atom is -0.427 e. The Morgan fingerprint density at radius 3 is 2.56 bits per heavy atom. The van der Waals surface area contributed by atoms with Gasteiger partial charge in [-0.05, 0) is 62.2 Å². The Labute approximate surface area is 200 Å². The summed E-state index contributed by atoms with van der Waals surface area (Å²) in [5, 5.41) is 3.52. The van der Waals surface area contributed by atoms with Crippen molar-refractivity contribution in [3.8, 4) is 5.75 Å². The number of imide groups is 1. The topological polar surface area (TPSA) is 96.0 Å². The molecule has 0 aromatic heterocycles. The maximum absolute atomic E-state index is 13.9. The van der Waals surface area contributed by atoms with Crippen LogP contribution >= 0.6 is 11.6 Å².